The molecule has 0 radical (unpaired) electrons. The summed E-state index contributed by atoms with van der Waals surface area (Å²) in [5, 5.41) is 11.7. The van der Waals surface area contributed by atoms with Crippen LogP contribution in [-0.4, -0.2) is 83.8 Å². The molecular weight excluding hydrogens is 660 g/mol. The number of hydrogen-bond acceptors (Lipinski definition) is 12. The molecule has 0 bridgehead atoms. The van der Waals surface area contributed by atoms with E-state index in [9.17, 15) is 29.1 Å². The zero-order valence-corrected chi connectivity index (χ0v) is 33.5. The third kappa shape index (κ3) is 11.2. The average molecular weight is 723 g/mol. The molecule has 2 aliphatic rings. The molecule has 2 rings (SSSR count). The largest absolute Gasteiger partial charge is 0.462 e. The van der Waals surface area contributed by atoms with Gasteiger partial charge in [-0.25, -0.2) is 0 Å². The zero-order chi connectivity index (χ0) is 39.7. The molecule has 1 fully saturated rings. The van der Waals surface area contributed by atoms with Gasteiger partial charge in [-0.05, 0) is 115 Å². The smallest absolute Gasteiger partial charge is 0.311 e. The molecule has 1 aliphatic heterocycles. The van der Waals surface area contributed by atoms with Gasteiger partial charge < -0.3 is 33.5 Å². The number of rotatable bonds is 9. The standard InChI is InChI=1S/C39H62O12/c1-22-19-24(40)20-38(15,16)39(22,45)18-17-23(2)47-29-28(51-33(44)37(12,13)14)27(50-32(43)36(9,10)11)26(49-31(42)35(6,7)8)25(48-29)21-46-30(41)34(3,4)5/h17-19,23,25-29,45H,20-21H2,1-16H3/b18-17+/t23-,25-,26-,27+,28-,29-,39+/m1/s1. The predicted octanol–water partition coefficient (Wildman–Crippen LogP) is 5.81. The Hall–Kier alpha value is -3.09. The van der Waals surface area contributed by atoms with Gasteiger partial charge in [0, 0.05) is 11.8 Å². The van der Waals surface area contributed by atoms with Crippen molar-refractivity contribution in [2.75, 3.05) is 6.61 Å². The van der Waals surface area contributed by atoms with Crippen LogP contribution in [-0.2, 0) is 52.4 Å². The Morgan fingerprint density at radius 3 is 1.67 bits per heavy atom. The van der Waals surface area contributed by atoms with Crippen molar-refractivity contribution in [2.45, 2.75) is 160 Å². The van der Waals surface area contributed by atoms with E-state index in [4.69, 9.17) is 28.4 Å². The Morgan fingerprint density at radius 1 is 0.804 bits per heavy atom. The van der Waals surface area contributed by atoms with E-state index in [0.717, 1.165) is 0 Å². The summed E-state index contributed by atoms with van der Waals surface area (Å²) in [6.07, 6.45) is -3.10. The Morgan fingerprint density at radius 2 is 1.24 bits per heavy atom. The number of aliphatic hydroxyl groups is 1. The Bertz CT molecular complexity index is 1380. The summed E-state index contributed by atoms with van der Waals surface area (Å²) in [5.74, 6) is -2.67. The normalized spacial score (nSPS) is 28.1. The number of ketones is 1. The first-order chi connectivity index (χ1) is 22.8. The molecule has 0 amide bonds. The number of carbonyl (C=O) groups is 5. The maximum absolute atomic E-state index is 13.5. The third-order valence-electron chi connectivity index (χ3n) is 8.73. The van der Waals surface area contributed by atoms with E-state index in [1.54, 1.807) is 123 Å². The van der Waals surface area contributed by atoms with E-state index in [1.165, 1.54) is 6.08 Å². The summed E-state index contributed by atoms with van der Waals surface area (Å²) in [4.78, 5) is 65.5. The Labute approximate surface area is 303 Å². The Balaban J connectivity index is 2.72. The van der Waals surface area contributed by atoms with Crippen molar-refractivity contribution >= 4 is 29.7 Å². The fraction of sp³-hybridized carbons (Fsp3) is 0.769. The van der Waals surface area contributed by atoms with Gasteiger partial charge in [0.05, 0.1) is 27.8 Å². The fourth-order valence-electron chi connectivity index (χ4n) is 5.19. The molecule has 0 aromatic carbocycles. The summed E-state index contributed by atoms with van der Waals surface area (Å²) in [6, 6.07) is 0. The molecule has 0 unspecified atom stereocenters. The SMILES string of the molecule is CC1=CC(=O)CC(C)(C)[C@]1(O)/C=C/[C@@H](C)O[C@@H]1O[C@H](COC(=O)C(C)(C)C)[C@@H](OC(=O)C(C)(C)C)[C@H](OC(=O)C(C)(C)C)[C@H]1OC(=O)C(C)(C)C. The lowest BCUT2D eigenvalue weighted by atomic mass is 9.64. The molecule has 7 atom stereocenters. The molecule has 12 heteroatoms. The van der Waals surface area contributed by atoms with Crippen LogP contribution in [0, 0.1) is 27.1 Å². The van der Waals surface area contributed by atoms with E-state index >= 15 is 0 Å². The lowest BCUT2D eigenvalue weighted by molar-refractivity contribution is -0.316. The van der Waals surface area contributed by atoms with Crippen LogP contribution in [0.5, 0.6) is 0 Å². The van der Waals surface area contributed by atoms with Crippen molar-refractivity contribution in [3.8, 4) is 0 Å². The van der Waals surface area contributed by atoms with Gasteiger partial charge >= 0.3 is 23.9 Å². The summed E-state index contributed by atoms with van der Waals surface area (Å²) >= 11 is 0. The van der Waals surface area contributed by atoms with E-state index in [1.807, 2.05) is 0 Å². The molecular formula is C39H62O12. The molecule has 0 saturated carbocycles. The highest BCUT2D eigenvalue weighted by atomic mass is 16.7. The van der Waals surface area contributed by atoms with Gasteiger partial charge in [0.25, 0.3) is 0 Å². The molecule has 1 aliphatic carbocycles. The van der Waals surface area contributed by atoms with Crippen molar-refractivity contribution in [3.63, 3.8) is 0 Å². The van der Waals surface area contributed by atoms with E-state index in [0.29, 0.717) is 5.57 Å². The second kappa shape index (κ2) is 15.5. The number of carbonyl (C=O) groups excluding carboxylic acids is 5. The average Bonchev–Trinajstić information content (AvgIpc) is 2.94. The van der Waals surface area contributed by atoms with Gasteiger partial charge in [-0.3, -0.25) is 24.0 Å². The van der Waals surface area contributed by atoms with Gasteiger partial charge in [-0.2, -0.15) is 0 Å². The van der Waals surface area contributed by atoms with E-state index < -0.39 is 100.0 Å². The number of ether oxygens (including phenoxy) is 6. The minimum Gasteiger partial charge on any atom is -0.462 e. The van der Waals surface area contributed by atoms with Gasteiger partial charge in [-0.1, -0.05) is 19.9 Å². The summed E-state index contributed by atoms with van der Waals surface area (Å²) in [6.45, 7) is 26.4. The highest BCUT2D eigenvalue weighted by Gasteiger charge is 2.55. The van der Waals surface area contributed by atoms with Crippen molar-refractivity contribution in [3.05, 3.63) is 23.8 Å². The van der Waals surface area contributed by atoms with Crippen LogP contribution in [0.2, 0.25) is 0 Å². The van der Waals surface area contributed by atoms with Gasteiger partial charge in [0.1, 0.15) is 18.3 Å². The number of esters is 4. The minimum absolute atomic E-state index is 0.0882. The van der Waals surface area contributed by atoms with Crippen molar-refractivity contribution < 1.29 is 57.5 Å². The first-order valence-electron chi connectivity index (χ1n) is 17.6. The highest BCUT2D eigenvalue weighted by Crippen LogP contribution is 2.44. The summed E-state index contributed by atoms with van der Waals surface area (Å²) < 4.78 is 36.4. The molecule has 1 N–H and O–H groups in total. The topological polar surface area (TPSA) is 161 Å². The molecule has 1 heterocycles. The monoisotopic (exact) mass is 722 g/mol. The van der Waals surface area contributed by atoms with E-state index in [-0.39, 0.29) is 12.2 Å². The van der Waals surface area contributed by atoms with Crippen LogP contribution in [0.3, 0.4) is 0 Å². The number of hydrogen-bond donors (Lipinski definition) is 1. The molecule has 0 aromatic heterocycles. The van der Waals surface area contributed by atoms with Crippen LogP contribution in [0.4, 0.5) is 0 Å². The first kappa shape index (κ1) is 44.1. The third-order valence-corrected chi connectivity index (χ3v) is 8.73. The quantitative estimate of drug-likeness (QED) is 0.173. The highest BCUT2D eigenvalue weighted by molar-refractivity contribution is 5.92. The summed E-state index contributed by atoms with van der Waals surface area (Å²) in [7, 11) is 0. The Kier molecular flexibility index (Phi) is 13.4. The summed E-state index contributed by atoms with van der Waals surface area (Å²) in [5.41, 5.74) is -5.76. The van der Waals surface area contributed by atoms with Gasteiger partial charge in [-0.15, -0.1) is 0 Å². The maximum Gasteiger partial charge on any atom is 0.311 e. The maximum atomic E-state index is 13.5. The van der Waals surface area contributed by atoms with Crippen LogP contribution >= 0.6 is 0 Å². The molecule has 12 nitrogen and oxygen atoms in total. The second-order valence-electron chi connectivity index (χ2n) is 18.6. The minimum atomic E-state index is -1.48. The fourth-order valence-corrected chi connectivity index (χ4v) is 5.19. The van der Waals surface area contributed by atoms with Crippen LogP contribution in [0.1, 0.15) is 117 Å². The molecule has 290 valence electrons. The van der Waals surface area contributed by atoms with E-state index in [2.05, 4.69) is 0 Å². The molecule has 1 saturated heterocycles. The van der Waals surface area contributed by atoms with Gasteiger partial charge in [0.2, 0.25) is 0 Å². The van der Waals surface area contributed by atoms with Crippen LogP contribution in [0.15, 0.2) is 23.8 Å². The molecule has 51 heavy (non-hydrogen) atoms. The molecule has 0 aromatic rings. The van der Waals surface area contributed by atoms with Crippen LogP contribution in [0.25, 0.3) is 0 Å². The first-order valence-corrected chi connectivity index (χ1v) is 17.6. The lowest BCUT2D eigenvalue weighted by Crippen LogP contribution is -2.64. The van der Waals surface area contributed by atoms with Crippen molar-refractivity contribution in [1.29, 1.82) is 0 Å². The number of allylic oxidation sites excluding steroid dienone is 1. The zero-order valence-electron chi connectivity index (χ0n) is 33.5. The van der Waals surface area contributed by atoms with Crippen molar-refractivity contribution in [1.82, 2.24) is 0 Å². The van der Waals surface area contributed by atoms with Gasteiger partial charge in [0.15, 0.2) is 30.4 Å². The predicted molar refractivity (Wildman–Crippen MR) is 189 cm³/mol. The second-order valence-corrected chi connectivity index (χ2v) is 18.6. The lowest BCUT2D eigenvalue weighted by Gasteiger charge is -2.46. The van der Waals surface area contributed by atoms with Crippen LogP contribution < -0.4 is 0 Å². The molecule has 0 spiro atoms. The van der Waals surface area contributed by atoms with Crippen molar-refractivity contribution in [2.24, 2.45) is 27.1 Å².